The van der Waals surface area contributed by atoms with Gasteiger partial charge in [0, 0.05) is 0 Å². The van der Waals surface area contributed by atoms with Crippen molar-refractivity contribution in [2.75, 3.05) is 6.61 Å². The average Bonchev–Trinajstić information content (AvgIpc) is 2.42. The van der Waals surface area contributed by atoms with E-state index in [9.17, 15) is 4.79 Å². The number of hydrogen-bond acceptors (Lipinski definition) is 5. The third-order valence-electron chi connectivity index (χ3n) is 3.35. The highest BCUT2D eigenvalue weighted by Gasteiger charge is 2.23. The monoisotopic (exact) mass is 290 g/mol. The molecule has 5 heteroatoms. The Balaban J connectivity index is 2.08. The highest BCUT2D eigenvalue weighted by Crippen LogP contribution is 2.37. The minimum absolute atomic E-state index is 0.0844. The zero-order valence-electron chi connectivity index (χ0n) is 12.8. The van der Waals surface area contributed by atoms with Gasteiger partial charge in [0.25, 0.3) is 0 Å². The van der Waals surface area contributed by atoms with Gasteiger partial charge >= 0.3 is 5.97 Å². The molecule has 5 nitrogen and oxygen atoms in total. The van der Waals surface area contributed by atoms with Crippen molar-refractivity contribution in [3.8, 4) is 5.75 Å². The Morgan fingerprint density at radius 3 is 2.86 bits per heavy atom. The molecule has 0 amide bonds. The first kappa shape index (κ1) is 15.5. The number of nitrogens with zero attached hydrogens (tertiary/aromatic N) is 1. The topological polar surface area (TPSA) is 71.7 Å². The van der Waals surface area contributed by atoms with Crippen molar-refractivity contribution >= 4 is 5.97 Å². The Morgan fingerprint density at radius 1 is 1.43 bits per heavy atom. The molecule has 0 heterocycles. The second kappa shape index (κ2) is 6.24. The highest BCUT2D eigenvalue weighted by molar-refractivity contribution is 5.71. The highest BCUT2D eigenvalue weighted by atomic mass is 16.6. The smallest absolute Gasteiger partial charge is 0.344 e. The van der Waals surface area contributed by atoms with Gasteiger partial charge in [-0.1, -0.05) is 12.1 Å². The fourth-order valence-corrected chi connectivity index (χ4v) is 2.57. The first-order chi connectivity index (χ1) is 9.90. The summed E-state index contributed by atoms with van der Waals surface area (Å²) in [4.78, 5) is 11.7. The Morgan fingerprint density at radius 2 is 2.19 bits per heavy atom. The van der Waals surface area contributed by atoms with Crippen molar-refractivity contribution in [1.29, 1.82) is 5.53 Å². The molecule has 0 bridgehead atoms. The van der Waals surface area contributed by atoms with Crippen LogP contribution in [0.1, 0.15) is 50.8 Å². The zero-order valence-corrected chi connectivity index (χ0v) is 12.8. The van der Waals surface area contributed by atoms with Crippen LogP contribution in [-0.2, 0) is 16.0 Å². The summed E-state index contributed by atoms with van der Waals surface area (Å²) in [5.74, 6) is 0.323. The molecule has 114 valence electrons. The maximum Gasteiger partial charge on any atom is 0.344 e. The summed E-state index contributed by atoms with van der Waals surface area (Å²) in [7, 11) is 0. The summed E-state index contributed by atoms with van der Waals surface area (Å²) in [5, 5.41) is 3.68. The van der Waals surface area contributed by atoms with Gasteiger partial charge in [-0.25, -0.2) is 10.3 Å². The molecule has 1 atom stereocenters. The molecule has 1 aromatic carbocycles. The molecule has 0 saturated carbocycles. The molecule has 0 fully saturated rings. The van der Waals surface area contributed by atoms with Crippen molar-refractivity contribution in [3.63, 3.8) is 0 Å². The Labute approximate surface area is 125 Å². The number of hydrogen-bond donors (Lipinski definition) is 1. The van der Waals surface area contributed by atoms with E-state index in [0.717, 1.165) is 30.4 Å². The van der Waals surface area contributed by atoms with Crippen LogP contribution in [0.5, 0.6) is 5.75 Å². The van der Waals surface area contributed by atoms with Crippen LogP contribution in [0.4, 0.5) is 0 Å². The fraction of sp³-hybridized carbons (Fsp3) is 0.562. The van der Waals surface area contributed by atoms with E-state index in [4.69, 9.17) is 15.0 Å². The molecule has 0 saturated heterocycles. The van der Waals surface area contributed by atoms with Crippen molar-refractivity contribution < 1.29 is 14.3 Å². The molecule has 1 aliphatic rings. The van der Waals surface area contributed by atoms with Gasteiger partial charge in [-0.2, -0.15) is 5.11 Å². The quantitative estimate of drug-likeness (QED) is 0.677. The number of carbonyl (C=O) groups excluding carboxylic acids is 1. The number of ether oxygens (including phenoxy) is 2. The standard InChI is InChI=1S/C16H22N2O3/c1-16(2,3)21-15(19)10-20-14-9-5-6-11-12(14)7-4-8-13(11)18-17/h5-6,9,13,17H,4,7-8,10H2,1-3H3/t13-/m1/s1. The second-order valence-corrected chi connectivity index (χ2v) is 6.24. The van der Waals surface area contributed by atoms with Crippen LogP contribution in [0.3, 0.4) is 0 Å². The van der Waals surface area contributed by atoms with Gasteiger partial charge in [0.05, 0.1) is 6.04 Å². The van der Waals surface area contributed by atoms with E-state index in [-0.39, 0.29) is 18.6 Å². The number of benzene rings is 1. The van der Waals surface area contributed by atoms with Crippen LogP contribution in [0.25, 0.3) is 0 Å². The van der Waals surface area contributed by atoms with E-state index >= 15 is 0 Å². The summed E-state index contributed by atoms with van der Waals surface area (Å²) in [5.41, 5.74) is 8.87. The summed E-state index contributed by atoms with van der Waals surface area (Å²) in [6.45, 7) is 5.39. The van der Waals surface area contributed by atoms with E-state index < -0.39 is 5.60 Å². The predicted octanol–water partition coefficient (Wildman–Crippen LogP) is 3.82. The molecule has 1 aliphatic carbocycles. The Hall–Kier alpha value is -1.91. The molecule has 1 N–H and O–H groups in total. The minimum atomic E-state index is -0.508. The zero-order chi connectivity index (χ0) is 15.5. The Bertz CT molecular complexity index is 535. The molecule has 21 heavy (non-hydrogen) atoms. The average molecular weight is 290 g/mol. The van der Waals surface area contributed by atoms with Gasteiger partial charge < -0.3 is 9.47 Å². The summed E-state index contributed by atoms with van der Waals surface area (Å²) < 4.78 is 10.9. The second-order valence-electron chi connectivity index (χ2n) is 6.24. The molecule has 2 rings (SSSR count). The number of carbonyl (C=O) groups is 1. The number of esters is 1. The molecule has 0 aliphatic heterocycles. The van der Waals surface area contributed by atoms with Crippen molar-refractivity contribution in [2.45, 2.75) is 51.7 Å². The molecule has 1 aromatic rings. The number of fused-ring (bicyclic) bond motifs is 1. The van der Waals surface area contributed by atoms with Gasteiger partial charge in [-0.05, 0) is 57.2 Å². The van der Waals surface area contributed by atoms with Gasteiger partial charge in [-0.3, -0.25) is 0 Å². The van der Waals surface area contributed by atoms with Crippen LogP contribution in [0, 0.1) is 5.53 Å². The summed E-state index contributed by atoms with van der Waals surface area (Å²) in [6.07, 6.45) is 2.77. The summed E-state index contributed by atoms with van der Waals surface area (Å²) in [6, 6.07) is 5.64. The molecular formula is C16H22N2O3. The lowest BCUT2D eigenvalue weighted by atomic mass is 9.87. The van der Waals surface area contributed by atoms with Crippen molar-refractivity contribution in [3.05, 3.63) is 29.3 Å². The number of nitrogens with one attached hydrogen (secondary N) is 1. The molecular weight excluding hydrogens is 268 g/mol. The van der Waals surface area contributed by atoms with Crippen molar-refractivity contribution in [2.24, 2.45) is 5.11 Å². The third-order valence-corrected chi connectivity index (χ3v) is 3.35. The van der Waals surface area contributed by atoms with Gasteiger partial charge in [0.15, 0.2) is 6.61 Å². The van der Waals surface area contributed by atoms with Crippen LogP contribution in [0.15, 0.2) is 23.3 Å². The predicted molar refractivity (Wildman–Crippen MR) is 78.6 cm³/mol. The largest absolute Gasteiger partial charge is 0.482 e. The van der Waals surface area contributed by atoms with E-state index in [1.165, 1.54) is 0 Å². The van der Waals surface area contributed by atoms with E-state index in [2.05, 4.69) is 5.11 Å². The lowest BCUT2D eigenvalue weighted by Gasteiger charge is -2.24. The van der Waals surface area contributed by atoms with Crippen LogP contribution in [-0.4, -0.2) is 18.2 Å². The lowest BCUT2D eigenvalue weighted by molar-refractivity contribution is -0.157. The first-order valence-electron chi connectivity index (χ1n) is 7.24. The Kier molecular flexibility index (Phi) is 4.60. The lowest BCUT2D eigenvalue weighted by Crippen LogP contribution is -2.27. The molecule has 0 spiro atoms. The van der Waals surface area contributed by atoms with Gasteiger partial charge in [-0.15, -0.1) is 0 Å². The fourth-order valence-electron chi connectivity index (χ4n) is 2.57. The van der Waals surface area contributed by atoms with Gasteiger partial charge in [0.2, 0.25) is 0 Å². The minimum Gasteiger partial charge on any atom is -0.482 e. The third kappa shape index (κ3) is 4.03. The maximum atomic E-state index is 11.7. The van der Waals surface area contributed by atoms with Crippen LogP contribution >= 0.6 is 0 Å². The van der Waals surface area contributed by atoms with Gasteiger partial charge in [0.1, 0.15) is 11.4 Å². The first-order valence-corrected chi connectivity index (χ1v) is 7.24. The number of rotatable bonds is 4. The van der Waals surface area contributed by atoms with Crippen LogP contribution in [0.2, 0.25) is 0 Å². The molecule has 0 radical (unpaired) electrons. The van der Waals surface area contributed by atoms with Crippen molar-refractivity contribution in [1.82, 2.24) is 0 Å². The molecule has 0 aromatic heterocycles. The van der Waals surface area contributed by atoms with E-state index in [0.29, 0.717) is 5.75 Å². The molecule has 0 unspecified atom stereocenters. The van der Waals surface area contributed by atoms with E-state index in [1.54, 1.807) is 0 Å². The van der Waals surface area contributed by atoms with E-state index in [1.807, 2.05) is 39.0 Å². The maximum absolute atomic E-state index is 11.7. The van der Waals surface area contributed by atoms with Crippen LogP contribution < -0.4 is 4.74 Å². The SMILES string of the molecule is CC(C)(C)OC(=O)COc1cccc2c1CCC[C@H]2N=N. The normalized spacial score (nSPS) is 17.8. The summed E-state index contributed by atoms with van der Waals surface area (Å²) >= 11 is 0.